The molecule has 1 saturated heterocycles. The standard InChI is InChI=1S/C19H30N2O4S/c1-11-12(2)14(4)19(15(5)13(11)3)26(23,24)20-9-7-18(22)21-17-8-10-25-16(17)6/h16-17,20H,7-10H2,1-6H3,(H,21,22)/t16-,17+/m1/s1. The van der Waals surface area contributed by atoms with E-state index in [-0.39, 0.29) is 31.0 Å². The predicted molar refractivity (Wildman–Crippen MR) is 102 cm³/mol. The second kappa shape index (κ2) is 8.06. The van der Waals surface area contributed by atoms with Gasteiger partial charge in [-0.2, -0.15) is 0 Å². The van der Waals surface area contributed by atoms with Crippen LogP contribution in [0.25, 0.3) is 0 Å². The van der Waals surface area contributed by atoms with E-state index in [1.807, 2.05) is 41.5 Å². The first-order valence-corrected chi connectivity index (χ1v) is 10.5. The number of amides is 1. The fraction of sp³-hybridized carbons (Fsp3) is 0.632. The van der Waals surface area contributed by atoms with E-state index in [2.05, 4.69) is 10.0 Å². The summed E-state index contributed by atoms with van der Waals surface area (Å²) in [6.07, 6.45) is 0.892. The summed E-state index contributed by atoms with van der Waals surface area (Å²) in [5.41, 5.74) is 4.62. The molecule has 1 aliphatic heterocycles. The second-order valence-corrected chi connectivity index (χ2v) is 8.84. The summed E-state index contributed by atoms with van der Waals surface area (Å²) >= 11 is 0. The van der Waals surface area contributed by atoms with Crippen LogP contribution in [0.3, 0.4) is 0 Å². The van der Waals surface area contributed by atoms with Crippen LogP contribution in [-0.4, -0.2) is 39.6 Å². The lowest BCUT2D eigenvalue weighted by Crippen LogP contribution is -2.40. The largest absolute Gasteiger partial charge is 0.376 e. The minimum atomic E-state index is -3.67. The summed E-state index contributed by atoms with van der Waals surface area (Å²) in [5, 5.41) is 2.90. The van der Waals surface area contributed by atoms with Crippen LogP contribution in [0.4, 0.5) is 0 Å². The van der Waals surface area contributed by atoms with E-state index in [9.17, 15) is 13.2 Å². The van der Waals surface area contributed by atoms with Crippen molar-refractivity contribution in [3.8, 4) is 0 Å². The maximum absolute atomic E-state index is 12.8. The summed E-state index contributed by atoms with van der Waals surface area (Å²) in [6.45, 7) is 12.2. The van der Waals surface area contributed by atoms with Gasteiger partial charge in [-0.25, -0.2) is 13.1 Å². The smallest absolute Gasteiger partial charge is 0.241 e. The molecule has 0 saturated carbocycles. The third-order valence-corrected chi connectivity index (χ3v) is 7.30. The molecule has 2 rings (SSSR count). The van der Waals surface area contributed by atoms with Crippen molar-refractivity contribution in [1.82, 2.24) is 10.0 Å². The monoisotopic (exact) mass is 382 g/mol. The van der Waals surface area contributed by atoms with Crippen molar-refractivity contribution >= 4 is 15.9 Å². The zero-order chi connectivity index (χ0) is 19.6. The highest BCUT2D eigenvalue weighted by Gasteiger charge is 2.26. The molecule has 2 atom stereocenters. The zero-order valence-electron chi connectivity index (χ0n) is 16.5. The van der Waals surface area contributed by atoms with Gasteiger partial charge in [0, 0.05) is 19.6 Å². The van der Waals surface area contributed by atoms with Crippen molar-refractivity contribution in [3.05, 3.63) is 27.8 Å². The summed E-state index contributed by atoms with van der Waals surface area (Å²) < 4.78 is 33.6. The molecule has 0 aliphatic carbocycles. The van der Waals surface area contributed by atoms with Gasteiger partial charge in [-0.05, 0) is 75.8 Å². The maximum atomic E-state index is 12.8. The van der Waals surface area contributed by atoms with E-state index >= 15 is 0 Å². The van der Waals surface area contributed by atoms with Crippen LogP contribution in [0.1, 0.15) is 47.6 Å². The van der Waals surface area contributed by atoms with Crippen LogP contribution in [0.15, 0.2) is 4.90 Å². The van der Waals surface area contributed by atoms with Crippen LogP contribution in [0.2, 0.25) is 0 Å². The molecule has 1 amide bonds. The summed E-state index contributed by atoms with van der Waals surface area (Å²) in [7, 11) is -3.67. The Kier molecular flexibility index (Phi) is 6.47. The number of sulfonamides is 1. The zero-order valence-corrected chi connectivity index (χ0v) is 17.3. The first-order chi connectivity index (χ1) is 12.1. The molecule has 7 heteroatoms. The van der Waals surface area contributed by atoms with E-state index in [0.29, 0.717) is 11.5 Å². The molecule has 1 aromatic carbocycles. The van der Waals surface area contributed by atoms with Crippen molar-refractivity contribution in [3.63, 3.8) is 0 Å². The fourth-order valence-corrected chi connectivity index (χ4v) is 5.07. The Bertz CT molecular complexity index is 773. The Morgan fingerprint density at radius 2 is 1.58 bits per heavy atom. The van der Waals surface area contributed by atoms with E-state index in [0.717, 1.165) is 34.2 Å². The lowest BCUT2D eigenvalue weighted by molar-refractivity contribution is -0.122. The van der Waals surface area contributed by atoms with Crippen LogP contribution in [0, 0.1) is 34.6 Å². The topological polar surface area (TPSA) is 84.5 Å². The van der Waals surface area contributed by atoms with Crippen molar-refractivity contribution in [2.75, 3.05) is 13.2 Å². The van der Waals surface area contributed by atoms with E-state index in [1.54, 1.807) is 0 Å². The number of rotatable bonds is 6. The van der Waals surface area contributed by atoms with E-state index in [4.69, 9.17) is 4.74 Å². The second-order valence-electron chi connectivity index (χ2n) is 7.14. The highest BCUT2D eigenvalue weighted by molar-refractivity contribution is 7.89. The van der Waals surface area contributed by atoms with Crippen LogP contribution in [0.5, 0.6) is 0 Å². The Balaban J connectivity index is 2.05. The number of benzene rings is 1. The van der Waals surface area contributed by atoms with Crippen molar-refractivity contribution in [1.29, 1.82) is 0 Å². The van der Waals surface area contributed by atoms with E-state index < -0.39 is 10.0 Å². The number of carbonyl (C=O) groups is 1. The third-order valence-electron chi connectivity index (χ3n) is 5.57. The Hall–Kier alpha value is -1.44. The van der Waals surface area contributed by atoms with Gasteiger partial charge in [0.15, 0.2) is 0 Å². The van der Waals surface area contributed by atoms with Crippen LogP contribution < -0.4 is 10.0 Å². The molecule has 1 heterocycles. The normalized spacial score (nSPS) is 20.4. The highest BCUT2D eigenvalue weighted by Crippen LogP contribution is 2.29. The third kappa shape index (κ3) is 4.27. The summed E-state index contributed by atoms with van der Waals surface area (Å²) in [5.74, 6) is -0.167. The van der Waals surface area contributed by atoms with Crippen LogP contribution >= 0.6 is 0 Å². The molecule has 1 fully saturated rings. The van der Waals surface area contributed by atoms with Crippen molar-refractivity contribution in [2.24, 2.45) is 0 Å². The van der Waals surface area contributed by atoms with Gasteiger partial charge in [0.25, 0.3) is 0 Å². The SMILES string of the molecule is Cc1c(C)c(C)c(S(=O)(=O)NCCC(=O)N[C@H]2CCO[C@@H]2C)c(C)c1C. The summed E-state index contributed by atoms with van der Waals surface area (Å²) in [4.78, 5) is 12.4. The molecule has 0 aromatic heterocycles. The maximum Gasteiger partial charge on any atom is 0.241 e. The Morgan fingerprint density at radius 1 is 1.04 bits per heavy atom. The molecule has 6 nitrogen and oxygen atoms in total. The lowest BCUT2D eigenvalue weighted by Gasteiger charge is -2.19. The Morgan fingerprint density at radius 3 is 2.08 bits per heavy atom. The quantitative estimate of drug-likeness (QED) is 0.790. The molecule has 0 bridgehead atoms. The van der Waals surface area contributed by atoms with Gasteiger partial charge in [-0.3, -0.25) is 4.79 Å². The van der Waals surface area contributed by atoms with Gasteiger partial charge in [-0.15, -0.1) is 0 Å². The molecule has 0 radical (unpaired) electrons. The molecule has 146 valence electrons. The lowest BCUT2D eigenvalue weighted by atomic mass is 9.95. The molecule has 26 heavy (non-hydrogen) atoms. The number of carbonyl (C=O) groups excluding carboxylic acids is 1. The molecular formula is C19H30N2O4S. The number of nitrogens with one attached hydrogen (secondary N) is 2. The summed E-state index contributed by atoms with van der Waals surface area (Å²) in [6, 6.07) is 0.00555. The average Bonchev–Trinajstić information content (AvgIpc) is 2.95. The molecular weight excluding hydrogens is 352 g/mol. The predicted octanol–water partition coefficient (Wildman–Crippen LogP) is 2.19. The van der Waals surface area contributed by atoms with Gasteiger partial charge in [0.1, 0.15) is 0 Å². The van der Waals surface area contributed by atoms with Gasteiger partial charge >= 0.3 is 0 Å². The average molecular weight is 383 g/mol. The first-order valence-electron chi connectivity index (χ1n) is 9.03. The van der Waals surface area contributed by atoms with E-state index in [1.165, 1.54) is 0 Å². The molecule has 1 aromatic rings. The number of ether oxygens (including phenoxy) is 1. The van der Waals surface area contributed by atoms with Gasteiger partial charge in [0.2, 0.25) is 15.9 Å². The molecule has 0 spiro atoms. The minimum Gasteiger partial charge on any atom is -0.376 e. The van der Waals surface area contributed by atoms with Gasteiger partial charge in [-0.1, -0.05) is 0 Å². The molecule has 2 N–H and O–H groups in total. The van der Waals surface area contributed by atoms with Crippen molar-refractivity contribution < 1.29 is 17.9 Å². The van der Waals surface area contributed by atoms with Gasteiger partial charge in [0.05, 0.1) is 17.0 Å². The number of hydrogen-bond acceptors (Lipinski definition) is 4. The molecule has 1 aliphatic rings. The first kappa shape index (κ1) is 20.9. The highest BCUT2D eigenvalue weighted by atomic mass is 32.2. The fourth-order valence-electron chi connectivity index (χ4n) is 3.44. The van der Waals surface area contributed by atoms with Gasteiger partial charge < -0.3 is 10.1 Å². The van der Waals surface area contributed by atoms with Crippen molar-refractivity contribution in [2.45, 2.75) is 71.4 Å². The Labute approximate surface area is 156 Å². The number of hydrogen-bond donors (Lipinski definition) is 2. The minimum absolute atomic E-state index is 0.000509. The van der Waals surface area contributed by atoms with Crippen LogP contribution in [-0.2, 0) is 19.6 Å². The molecule has 0 unspecified atom stereocenters.